The Balaban J connectivity index is 2.62. The standard InChI is InChI=1S/C24H32N2O5/c1-8-9-16(12-15-10-11-19(26(2)3)18(25)13-15)21(27)17-14-20(28-4)23(30-6)24(31-7)22(17)29-5/h10-14H,8-9,25H2,1-7H3. The molecule has 0 spiro atoms. The van der Waals surface area contributed by atoms with Gasteiger partial charge in [-0.15, -0.1) is 0 Å². The Kier molecular flexibility index (Phi) is 8.19. The molecule has 0 aromatic heterocycles. The van der Waals surface area contributed by atoms with Crippen molar-refractivity contribution in [3.8, 4) is 23.0 Å². The van der Waals surface area contributed by atoms with Gasteiger partial charge in [-0.2, -0.15) is 0 Å². The lowest BCUT2D eigenvalue weighted by atomic mass is 9.95. The number of anilines is 2. The van der Waals surface area contributed by atoms with Crippen molar-refractivity contribution in [2.24, 2.45) is 0 Å². The second-order valence-corrected chi connectivity index (χ2v) is 7.19. The third-order valence-corrected chi connectivity index (χ3v) is 4.92. The monoisotopic (exact) mass is 428 g/mol. The van der Waals surface area contributed by atoms with Crippen LogP contribution in [0, 0.1) is 0 Å². The Labute approximate surface area is 184 Å². The molecule has 0 fully saturated rings. The summed E-state index contributed by atoms with van der Waals surface area (Å²) < 4.78 is 21.8. The molecule has 0 aliphatic carbocycles. The Bertz CT molecular complexity index is 967. The number of carbonyl (C=O) groups excluding carboxylic acids is 1. The van der Waals surface area contributed by atoms with Gasteiger partial charge in [-0.05, 0) is 36.3 Å². The summed E-state index contributed by atoms with van der Waals surface area (Å²) in [6.45, 7) is 2.02. The predicted molar refractivity (Wildman–Crippen MR) is 125 cm³/mol. The number of ether oxygens (including phenoxy) is 4. The second kappa shape index (κ2) is 10.6. The van der Waals surface area contributed by atoms with Crippen molar-refractivity contribution in [2.75, 3.05) is 53.2 Å². The van der Waals surface area contributed by atoms with Gasteiger partial charge in [0.15, 0.2) is 17.3 Å². The van der Waals surface area contributed by atoms with Gasteiger partial charge in [-0.3, -0.25) is 4.79 Å². The molecule has 7 nitrogen and oxygen atoms in total. The van der Waals surface area contributed by atoms with E-state index < -0.39 is 0 Å². The third kappa shape index (κ3) is 5.05. The number of hydrogen-bond donors (Lipinski definition) is 1. The molecule has 2 N–H and O–H groups in total. The van der Waals surface area contributed by atoms with Crippen LogP contribution in [-0.4, -0.2) is 48.3 Å². The van der Waals surface area contributed by atoms with E-state index in [4.69, 9.17) is 24.7 Å². The van der Waals surface area contributed by atoms with Gasteiger partial charge in [0.25, 0.3) is 0 Å². The molecule has 2 rings (SSSR count). The average molecular weight is 429 g/mol. The smallest absolute Gasteiger partial charge is 0.208 e. The maximum absolute atomic E-state index is 13.6. The Morgan fingerprint density at radius 2 is 1.61 bits per heavy atom. The molecule has 0 heterocycles. The highest BCUT2D eigenvalue weighted by molar-refractivity contribution is 6.14. The molecule has 31 heavy (non-hydrogen) atoms. The number of allylic oxidation sites excluding steroid dienone is 1. The van der Waals surface area contributed by atoms with Gasteiger partial charge in [0.1, 0.15) is 0 Å². The molecule has 7 heteroatoms. The quantitative estimate of drug-likeness (QED) is 0.340. The van der Waals surface area contributed by atoms with Crippen LogP contribution in [0.4, 0.5) is 11.4 Å². The number of nitrogen functional groups attached to an aromatic ring is 1. The molecule has 0 aliphatic rings. The van der Waals surface area contributed by atoms with E-state index in [1.54, 1.807) is 6.07 Å². The van der Waals surface area contributed by atoms with Crippen LogP contribution < -0.4 is 29.6 Å². The molecule has 0 atom stereocenters. The number of rotatable bonds is 10. The molecule has 0 amide bonds. The number of nitrogens with zero attached hydrogens (tertiary/aromatic N) is 1. The van der Waals surface area contributed by atoms with Crippen molar-refractivity contribution in [3.05, 3.63) is 41.0 Å². The molecule has 0 saturated heterocycles. The van der Waals surface area contributed by atoms with Gasteiger partial charge >= 0.3 is 0 Å². The van der Waals surface area contributed by atoms with Gasteiger partial charge in [-0.25, -0.2) is 0 Å². The van der Waals surface area contributed by atoms with Gasteiger partial charge in [-0.1, -0.05) is 19.4 Å². The zero-order valence-corrected chi connectivity index (χ0v) is 19.4. The zero-order valence-electron chi connectivity index (χ0n) is 19.4. The lowest BCUT2D eigenvalue weighted by Gasteiger charge is -2.19. The first-order chi connectivity index (χ1) is 14.8. The fourth-order valence-electron chi connectivity index (χ4n) is 3.47. The van der Waals surface area contributed by atoms with Gasteiger partial charge in [0.05, 0.1) is 45.4 Å². The first-order valence-corrected chi connectivity index (χ1v) is 10.0. The van der Waals surface area contributed by atoms with Gasteiger partial charge < -0.3 is 29.6 Å². The molecule has 0 saturated carbocycles. The minimum Gasteiger partial charge on any atom is -0.493 e. The highest BCUT2D eigenvalue weighted by Crippen LogP contribution is 2.47. The van der Waals surface area contributed by atoms with Crippen LogP contribution in [0.5, 0.6) is 23.0 Å². The largest absolute Gasteiger partial charge is 0.493 e. The average Bonchev–Trinajstić information content (AvgIpc) is 2.76. The van der Waals surface area contributed by atoms with E-state index in [9.17, 15) is 4.79 Å². The van der Waals surface area contributed by atoms with Crippen LogP contribution in [-0.2, 0) is 0 Å². The first kappa shape index (κ1) is 23.9. The molecule has 0 bridgehead atoms. The summed E-state index contributed by atoms with van der Waals surface area (Å²) >= 11 is 0. The summed E-state index contributed by atoms with van der Waals surface area (Å²) in [5.74, 6) is 1.19. The highest BCUT2D eigenvalue weighted by Gasteiger charge is 2.26. The summed E-state index contributed by atoms with van der Waals surface area (Å²) in [5.41, 5.74) is 9.59. The number of benzene rings is 2. The third-order valence-electron chi connectivity index (χ3n) is 4.92. The van der Waals surface area contributed by atoms with Crippen molar-refractivity contribution < 1.29 is 23.7 Å². The predicted octanol–water partition coefficient (Wildman–Crippen LogP) is 4.44. The van der Waals surface area contributed by atoms with Gasteiger partial charge in [0.2, 0.25) is 11.5 Å². The molecular weight excluding hydrogens is 396 g/mol. The molecule has 0 unspecified atom stereocenters. The fraction of sp³-hybridized carbons (Fsp3) is 0.375. The molecule has 168 valence electrons. The summed E-state index contributed by atoms with van der Waals surface area (Å²) in [6.07, 6.45) is 3.26. The lowest BCUT2D eigenvalue weighted by Crippen LogP contribution is -2.11. The summed E-state index contributed by atoms with van der Waals surface area (Å²) in [7, 11) is 9.87. The van der Waals surface area contributed by atoms with Gasteiger partial charge in [0, 0.05) is 19.7 Å². The van der Waals surface area contributed by atoms with E-state index in [-0.39, 0.29) is 5.78 Å². The van der Waals surface area contributed by atoms with E-state index in [1.807, 2.05) is 50.2 Å². The number of carbonyl (C=O) groups is 1. The minimum atomic E-state index is -0.173. The number of Topliss-reactive ketones (excluding diaryl/α,β-unsaturated/α-hetero) is 1. The highest BCUT2D eigenvalue weighted by atomic mass is 16.5. The first-order valence-electron chi connectivity index (χ1n) is 10.0. The van der Waals surface area contributed by atoms with Crippen LogP contribution in [0.3, 0.4) is 0 Å². The van der Waals surface area contributed by atoms with Crippen molar-refractivity contribution >= 4 is 23.2 Å². The molecule has 0 aliphatic heterocycles. The van der Waals surface area contributed by atoms with Crippen molar-refractivity contribution in [1.29, 1.82) is 0 Å². The van der Waals surface area contributed by atoms with E-state index in [0.29, 0.717) is 46.2 Å². The van der Waals surface area contributed by atoms with Crippen LogP contribution in [0.15, 0.2) is 29.8 Å². The second-order valence-electron chi connectivity index (χ2n) is 7.19. The minimum absolute atomic E-state index is 0.173. The fourth-order valence-corrected chi connectivity index (χ4v) is 3.47. The topological polar surface area (TPSA) is 83.3 Å². The van der Waals surface area contributed by atoms with Crippen LogP contribution in [0.2, 0.25) is 0 Å². The number of ketones is 1. The maximum Gasteiger partial charge on any atom is 0.208 e. The Morgan fingerprint density at radius 1 is 0.968 bits per heavy atom. The molecule has 2 aromatic carbocycles. The van der Waals surface area contributed by atoms with E-state index in [2.05, 4.69) is 0 Å². The van der Waals surface area contributed by atoms with Crippen LogP contribution in [0.25, 0.3) is 6.08 Å². The lowest BCUT2D eigenvalue weighted by molar-refractivity contribution is 0.102. The number of methoxy groups -OCH3 is 4. The number of nitrogens with two attached hydrogens (primary N) is 1. The molecule has 0 radical (unpaired) electrons. The SMILES string of the molecule is CCCC(=Cc1ccc(N(C)C)c(N)c1)C(=O)c1cc(OC)c(OC)c(OC)c1OC. The normalized spacial score (nSPS) is 11.1. The zero-order chi connectivity index (χ0) is 23.1. The molecule has 2 aromatic rings. The Hall–Kier alpha value is -3.35. The van der Waals surface area contributed by atoms with E-state index in [0.717, 1.165) is 17.7 Å². The van der Waals surface area contributed by atoms with Crippen LogP contribution >= 0.6 is 0 Å². The van der Waals surface area contributed by atoms with Crippen molar-refractivity contribution in [3.63, 3.8) is 0 Å². The van der Waals surface area contributed by atoms with Crippen molar-refractivity contribution in [1.82, 2.24) is 0 Å². The van der Waals surface area contributed by atoms with E-state index >= 15 is 0 Å². The van der Waals surface area contributed by atoms with Crippen LogP contribution in [0.1, 0.15) is 35.7 Å². The maximum atomic E-state index is 13.6. The summed E-state index contributed by atoms with van der Waals surface area (Å²) in [6, 6.07) is 7.37. The summed E-state index contributed by atoms with van der Waals surface area (Å²) in [5, 5.41) is 0. The summed E-state index contributed by atoms with van der Waals surface area (Å²) in [4.78, 5) is 15.5. The van der Waals surface area contributed by atoms with E-state index in [1.165, 1.54) is 28.4 Å². The Morgan fingerprint density at radius 3 is 2.10 bits per heavy atom. The number of hydrogen-bond acceptors (Lipinski definition) is 7. The van der Waals surface area contributed by atoms with Crippen molar-refractivity contribution in [2.45, 2.75) is 19.8 Å². The molecular formula is C24H32N2O5.